The molecule has 5 N–H and O–H groups in total. The van der Waals surface area contributed by atoms with Crippen LogP contribution in [0, 0.1) is 0 Å². The summed E-state index contributed by atoms with van der Waals surface area (Å²) < 4.78 is 4.84. The van der Waals surface area contributed by atoms with Gasteiger partial charge in [0.2, 0.25) is 0 Å². The number of rotatable bonds is 6. The van der Waals surface area contributed by atoms with E-state index in [1.807, 2.05) is 6.07 Å². The zero-order valence-corrected chi connectivity index (χ0v) is 15.6. The summed E-state index contributed by atoms with van der Waals surface area (Å²) >= 11 is 0. The predicted molar refractivity (Wildman–Crippen MR) is 103 cm³/mol. The number of carboxylic acid groups (broad SMARTS) is 2. The van der Waals surface area contributed by atoms with Crippen LogP contribution in [0.25, 0.3) is 0 Å². The number of alkyl carbamates (subject to hydrolysis) is 1. The molecule has 2 rings (SSSR count). The van der Waals surface area contributed by atoms with Gasteiger partial charge in [0.15, 0.2) is 6.04 Å². The summed E-state index contributed by atoms with van der Waals surface area (Å²) in [5, 5.41) is 19.9. The standard InChI is InChI=1S/C12H15NO4.C8H9NO2/c1-8(2)17-12(16)13-10(11(14)15)9-6-4-3-5-7-9;9-7(8(10)11)6-4-2-1-3-5-6/h3-8,10H,1-2H3,(H,13,16)(H,14,15);1-5,7H,9H2,(H,10,11). The lowest BCUT2D eigenvalue weighted by molar-refractivity contribution is -0.140. The Kier molecular flexibility index (Phi) is 9.18. The number of ether oxygens (including phenoxy) is 1. The first-order valence-corrected chi connectivity index (χ1v) is 8.50. The Hall–Kier alpha value is -3.39. The van der Waals surface area contributed by atoms with Crippen LogP contribution in [0.1, 0.15) is 37.1 Å². The molecule has 0 aliphatic heterocycles. The van der Waals surface area contributed by atoms with Gasteiger partial charge in [0.05, 0.1) is 6.10 Å². The van der Waals surface area contributed by atoms with Crippen LogP contribution in [0.4, 0.5) is 4.79 Å². The molecule has 0 spiro atoms. The van der Waals surface area contributed by atoms with Gasteiger partial charge in [0, 0.05) is 0 Å². The topological polar surface area (TPSA) is 139 Å². The first-order valence-electron chi connectivity index (χ1n) is 8.50. The SMILES string of the molecule is CC(C)OC(=O)NC(C(=O)O)c1ccccc1.NC(C(=O)O)c1ccccc1. The maximum absolute atomic E-state index is 11.3. The van der Waals surface area contributed by atoms with Crippen LogP contribution in [-0.4, -0.2) is 34.3 Å². The lowest BCUT2D eigenvalue weighted by Gasteiger charge is -2.16. The minimum atomic E-state index is -1.13. The number of nitrogens with two attached hydrogens (primary N) is 1. The first kappa shape index (κ1) is 22.7. The zero-order valence-electron chi connectivity index (χ0n) is 15.6. The van der Waals surface area contributed by atoms with Crippen LogP contribution in [0.5, 0.6) is 0 Å². The van der Waals surface area contributed by atoms with Crippen LogP contribution in [-0.2, 0) is 14.3 Å². The maximum atomic E-state index is 11.3. The Morgan fingerprint density at radius 2 is 1.32 bits per heavy atom. The molecule has 0 heterocycles. The normalized spacial score (nSPS) is 12.1. The highest BCUT2D eigenvalue weighted by atomic mass is 16.6. The van der Waals surface area contributed by atoms with E-state index in [0.717, 1.165) is 0 Å². The number of carbonyl (C=O) groups is 3. The van der Waals surface area contributed by atoms with E-state index in [2.05, 4.69) is 5.32 Å². The summed E-state index contributed by atoms with van der Waals surface area (Å²) in [6.45, 7) is 3.38. The predicted octanol–water partition coefficient (Wildman–Crippen LogP) is 2.72. The average Bonchev–Trinajstić information content (AvgIpc) is 2.66. The highest BCUT2D eigenvalue weighted by Gasteiger charge is 2.22. The quantitative estimate of drug-likeness (QED) is 0.596. The second-order valence-electron chi connectivity index (χ2n) is 6.01. The summed E-state index contributed by atoms with van der Waals surface area (Å²) in [4.78, 5) is 32.8. The number of nitrogens with one attached hydrogen (secondary N) is 1. The minimum Gasteiger partial charge on any atom is -0.480 e. The monoisotopic (exact) mass is 388 g/mol. The molecule has 0 radical (unpaired) electrons. The molecule has 1 amide bonds. The van der Waals surface area contributed by atoms with Crippen LogP contribution in [0.15, 0.2) is 60.7 Å². The summed E-state index contributed by atoms with van der Waals surface area (Å²) in [5.74, 6) is -2.13. The fourth-order valence-electron chi connectivity index (χ4n) is 2.10. The molecule has 2 aromatic carbocycles. The number of aliphatic carboxylic acids is 2. The van der Waals surface area contributed by atoms with E-state index in [-0.39, 0.29) is 6.10 Å². The van der Waals surface area contributed by atoms with Crippen molar-refractivity contribution >= 4 is 18.0 Å². The summed E-state index contributed by atoms with van der Waals surface area (Å²) in [6, 6.07) is 15.2. The van der Waals surface area contributed by atoms with Gasteiger partial charge in [0.1, 0.15) is 6.04 Å². The van der Waals surface area contributed by atoms with Gasteiger partial charge in [-0.2, -0.15) is 0 Å². The molecular weight excluding hydrogens is 364 g/mol. The van der Waals surface area contributed by atoms with E-state index in [0.29, 0.717) is 11.1 Å². The van der Waals surface area contributed by atoms with Crippen LogP contribution >= 0.6 is 0 Å². The molecule has 28 heavy (non-hydrogen) atoms. The van der Waals surface area contributed by atoms with Crippen molar-refractivity contribution in [1.29, 1.82) is 0 Å². The lowest BCUT2D eigenvalue weighted by atomic mass is 10.1. The van der Waals surface area contributed by atoms with Crippen molar-refractivity contribution in [2.24, 2.45) is 5.73 Å². The largest absolute Gasteiger partial charge is 0.480 e. The van der Waals surface area contributed by atoms with Gasteiger partial charge < -0.3 is 26.0 Å². The van der Waals surface area contributed by atoms with Crippen molar-refractivity contribution in [3.8, 4) is 0 Å². The van der Waals surface area contributed by atoms with Crippen LogP contribution in [0.2, 0.25) is 0 Å². The highest BCUT2D eigenvalue weighted by Crippen LogP contribution is 2.13. The fraction of sp³-hybridized carbons (Fsp3) is 0.250. The Morgan fingerprint density at radius 1 is 0.857 bits per heavy atom. The fourth-order valence-corrected chi connectivity index (χ4v) is 2.10. The van der Waals surface area contributed by atoms with Crippen molar-refractivity contribution in [3.05, 3.63) is 71.8 Å². The third-order valence-electron chi connectivity index (χ3n) is 3.41. The molecule has 2 unspecified atom stereocenters. The van der Waals surface area contributed by atoms with Crippen molar-refractivity contribution < 1.29 is 29.3 Å². The summed E-state index contributed by atoms with van der Waals surface area (Å²) in [6.07, 6.45) is -1.03. The molecule has 0 saturated heterocycles. The van der Waals surface area contributed by atoms with E-state index in [1.54, 1.807) is 68.4 Å². The lowest BCUT2D eigenvalue weighted by Crippen LogP contribution is -2.35. The van der Waals surface area contributed by atoms with E-state index < -0.39 is 30.1 Å². The first-order chi connectivity index (χ1) is 13.2. The van der Waals surface area contributed by atoms with Crippen molar-refractivity contribution in [2.75, 3.05) is 0 Å². The summed E-state index contributed by atoms with van der Waals surface area (Å²) in [7, 11) is 0. The van der Waals surface area contributed by atoms with Gasteiger partial charge in [0.25, 0.3) is 0 Å². The van der Waals surface area contributed by atoms with Gasteiger partial charge in [-0.1, -0.05) is 60.7 Å². The van der Waals surface area contributed by atoms with E-state index in [4.69, 9.17) is 20.7 Å². The van der Waals surface area contributed by atoms with Crippen molar-refractivity contribution in [2.45, 2.75) is 32.0 Å². The molecule has 0 fully saturated rings. The molecular formula is C20H24N2O6. The number of carbonyl (C=O) groups excluding carboxylic acids is 1. The van der Waals surface area contributed by atoms with Gasteiger partial charge in [-0.3, -0.25) is 4.79 Å². The number of hydrogen-bond acceptors (Lipinski definition) is 5. The number of benzene rings is 2. The molecule has 8 heteroatoms. The Morgan fingerprint density at radius 3 is 1.71 bits per heavy atom. The second kappa shape index (κ2) is 11.3. The molecule has 8 nitrogen and oxygen atoms in total. The van der Waals surface area contributed by atoms with E-state index in [9.17, 15) is 14.4 Å². The molecule has 0 bridgehead atoms. The van der Waals surface area contributed by atoms with Gasteiger partial charge >= 0.3 is 18.0 Å². The minimum absolute atomic E-state index is 0.291. The molecule has 2 aromatic rings. The second-order valence-corrected chi connectivity index (χ2v) is 6.01. The van der Waals surface area contributed by atoms with Gasteiger partial charge in [-0.05, 0) is 25.0 Å². The van der Waals surface area contributed by atoms with Crippen LogP contribution in [0.3, 0.4) is 0 Å². The number of carboxylic acids is 2. The molecule has 0 saturated carbocycles. The third-order valence-corrected chi connectivity index (χ3v) is 3.41. The number of hydrogen-bond donors (Lipinski definition) is 4. The molecule has 150 valence electrons. The average molecular weight is 388 g/mol. The van der Waals surface area contributed by atoms with Crippen molar-refractivity contribution in [1.82, 2.24) is 5.32 Å². The Bertz CT molecular complexity index is 765. The summed E-state index contributed by atoms with van der Waals surface area (Å²) in [5.41, 5.74) is 6.46. The molecule has 0 aromatic heterocycles. The Balaban J connectivity index is 0.000000307. The highest BCUT2D eigenvalue weighted by molar-refractivity contribution is 5.81. The molecule has 0 aliphatic carbocycles. The van der Waals surface area contributed by atoms with Gasteiger partial charge in [-0.25, -0.2) is 9.59 Å². The molecule has 2 atom stereocenters. The van der Waals surface area contributed by atoms with E-state index in [1.165, 1.54) is 0 Å². The van der Waals surface area contributed by atoms with Gasteiger partial charge in [-0.15, -0.1) is 0 Å². The van der Waals surface area contributed by atoms with E-state index >= 15 is 0 Å². The Labute approximate surface area is 162 Å². The molecule has 0 aliphatic rings. The van der Waals surface area contributed by atoms with Crippen LogP contribution < -0.4 is 11.1 Å². The smallest absolute Gasteiger partial charge is 0.408 e. The maximum Gasteiger partial charge on any atom is 0.408 e. The van der Waals surface area contributed by atoms with Crippen molar-refractivity contribution in [3.63, 3.8) is 0 Å². The zero-order chi connectivity index (χ0) is 21.1. The third kappa shape index (κ3) is 7.88. The number of amides is 1.